The molecule has 3 rings (SSSR count). The van der Waals surface area contributed by atoms with Gasteiger partial charge in [-0.15, -0.1) is 0 Å². The monoisotopic (exact) mass is 273 g/mol. The number of benzene rings is 1. The van der Waals surface area contributed by atoms with Crippen molar-refractivity contribution in [3.05, 3.63) is 23.8 Å². The van der Waals surface area contributed by atoms with Crippen LogP contribution < -0.4 is 10.2 Å². The van der Waals surface area contributed by atoms with Crippen LogP contribution in [-0.2, 0) is 4.79 Å². The number of hydrogen-bond acceptors (Lipinski definition) is 4. The molecule has 5 heteroatoms. The summed E-state index contributed by atoms with van der Waals surface area (Å²) in [4.78, 5) is 27.5. The van der Waals surface area contributed by atoms with Crippen LogP contribution in [0.2, 0.25) is 0 Å². The number of carbonyl (C=O) groups is 2. The van der Waals surface area contributed by atoms with E-state index in [1.807, 2.05) is 12.1 Å². The number of likely N-dealkylation sites (N-methyl/N-ethyl adjacent to an activating group) is 2. The van der Waals surface area contributed by atoms with E-state index >= 15 is 0 Å². The zero-order chi connectivity index (χ0) is 14.3. The molecule has 5 nitrogen and oxygen atoms in total. The third kappa shape index (κ3) is 2.18. The largest absolute Gasteiger partial charge is 0.370 e. The van der Waals surface area contributed by atoms with Gasteiger partial charge in [0.15, 0.2) is 0 Å². The highest BCUT2D eigenvalue weighted by molar-refractivity contribution is 6.51. The number of likely N-dealkylation sites (tertiary alicyclic amines) is 1. The minimum atomic E-state index is -0.530. The summed E-state index contributed by atoms with van der Waals surface area (Å²) in [7, 11) is 4.21. The Labute approximate surface area is 118 Å². The molecule has 1 atom stereocenters. The van der Waals surface area contributed by atoms with E-state index in [0.717, 1.165) is 18.8 Å². The van der Waals surface area contributed by atoms with Gasteiger partial charge in [-0.1, -0.05) is 0 Å². The van der Waals surface area contributed by atoms with Gasteiger partial charge in [0.1, 0.15) is 0 Å². The molecule has 2 aliphatic heterocycles. The zero-order valence-electron chi connectivity index (χ0n) is 11.8. The van der Waals surface area contributed by atoms with E-state index < -0.39 is 11.7 Å². The Morgan fingerprint density at radius 3 is 2.90 bits per heavy atom. The molecule has 0 saturated carbocycles. The molecule has 1 saturated heterocycles. The molecule has 0 spiro atoms. The fraction of sp³-hybridized carbons (Fsp3) is 0.467. The molecule has 1 amide bonds. The molecule has 2 heterocycles. The predicted molar refractivity (Wildman–Crippen MR) is 78.3 cm³/mol. The second-order valence-corrected chi connectivity index (χ2v) is 5.68. The topological polar surface area (TPSA) is 52.6 Å². The van der Waals surface area contributed by atoms with Crippen molar-refractivity contribution in [1.82, 2.24) is 4.90 Å². The van der Waals surface area contributed by atoms with Crippen LogP contribution >= 0.6 is 0 Å². The van der Waals surface area contributed by atoms with Crippen LogP contribution in [0.15, 0.2) is 18.2 Å². The minimum absolute atomic E-state index is 0.438. The molecule has 0 aromatic heterocycles. The van der Waals surface area contributed by atoms with Crippen molar-refractivity contribution in [1.29, 1.82) is 0 Å². The minimum Gasteiger partial charge on any atom is -0.370 e. The summed E-state index contributed by atoms with van der Waals surface area (Å²) in [5.74, 6) is -0.969. The van der Waals surface area contributed by atoms with E-state index in [1.165, 1.54) is 12.8 Å². The molecular weight excluding hydrogens is 254 g/mol. The highest BCUT2D eigenvalue weighted by Crippen LogP contribution is 2.29. The first-order chi connectivity index (χ1) is 9.56. The lowest BCUT2D eigenvalue weighted by Crippen LogP contribution is -2.45. The Morgan fingerprint density at radius 2 is 2.15 bits per heavy atom. The summed E-state index contributed by atoms with van der Waals surface area (Å²) in [6.07, 6.45) is 2.37. The smallest absolute Gasteiger partial charge is 0.296 e. The number of ketones is 1. The van der Waals surface area contributed by atoms with Crippen molar-refractivity contribution in [2.45, 2.75) is 18.9 Å². The number of anilines is 2. The van der Waals surface area contributed by atoms with E-state index in [4.69, 9.17) is 0 Å². The SMILES string of the molecule is CN1CCCC(N(C)c2ccc3c(c2)NC(=O)C3=O)C1. The van der Waals surface area contributed by atoms with Crippen LogP contribution in [0.5, 0.6) is 0 Å². The number of nitrogens with zero attached hydrogens (tertiary/aromatic N) is 2. The lowest BCUT2D eigenvalue weighted by molar-refractivity contribution is -0.112. The first-order valence-corrected chi connectivity index (χ1v) is 6.97. The number of fused-ring (bicyclic) bond motifs is 1. The molecule has 20 heavy (non-hydrogen) atoms. The van der Waals surface area contributed by atoms with E-state index in [9.17, 15) is 9.59 Å². The number of amides is 1. The summed E-state index contributed by atoms with van der Waals surface area (Å²) in [5.41, 5.74) is 2.15. The number of piperidine rings is 1. The first-order valence-electron chi connectivity index (χ1n) is 6.97. The average molecular weight is 273 g/mol. The third-order valence-electron chi connectivity index (χ3n) is 4.26. The number of Topliss-reactive ketones (excluding diaryl/α,β-unsaturated/α-hetero) is 1. The van der Waals surface area contributed by atoms with E-state index in [1.54, 1.807) is 6.07 Å². The van der Waals surface area contributed by atoms with Crippen LogP contribution in [0.1, 0.15) is 23.2 Å². The Morgan fingerprint density at radius 1 is 1.35 bits per heavy atom. The molecule has 0 bridgehead atoms. The molecule has 1 aromatic carbocycles. The number of nitrogens with one attached hydrogen (secondary N) is 1. The van der Waals surface area contributed by atoms with E-state index in [0.29, 0.717) is 17.3 Å². The second-order valence-electron chi connectivity index (χ2n) is 5.68. The Bertz CT molecular complexity index is 570. The molecule has 1 N–H and O–H groups in total. The van der Waals surface area contributed by atoms with Gasteiger partial charge in [0.25, 0.3) is 11.7 Å². The van der Waals surface area contributed by atoms with Crippen LogP contribution in [0.4, 0.5) is 11.4 Å². The molecule has 0 radical (unpaired) electrons. The Balaban J connectivity index is 1.83. The summed E-state index contributed by atoms with van der Waals surface area (Å²) in [5, 5.41) is 2.63. The summed E-state index contributed by atoms with van der Waals surface area (Å²) >= 11 is 0. The lowest BCUT2D eigenvalue weighted by Gasteiger charge is -2.37. The van der Waals surface area contributed by atoms with E-state index in [2.05, 4.69) is 29.2 Å². The van der Waals surface area contributed by atoms with Gasteiger partial charge in [-0.25, -0.2) is 0 Å². The number of carbonyl (C=O) groups excluding carboxylic acids is 2. The van der Waals surface area contributed by atoms with Crippen LogP contribution in [-0.4, -0.2) is 49.8 Å². The molecule has 1 unspecified atom stereocenters. The molecule has 1 aromatic rings. The molecule has 1 fully saturated rings. The number of rotatable bonds is 2. The summed E-state index contributed by atoms with van der Waals surface area (Å²) < 4.78 is 0. The van der Waals surface area contributed by atoms with Gasteiger partial charge in [0, 0.05) is 25.3 Å². The van der Waals surface area contributed by atoms with Crippen molar-refractivity contribution in [3.8, 4) is 0 Å². The Hall–Kier alpha value is -1.88. The highest BCUT2D eigenvalue weighted by Gasteiger charge is 2.29. The maximum Gasteiger partial charge on any atom is 0.296 e. The van der Waals surface area contributed by atoms with Crippen LogP contribution in [0, 0.1) is 0 Å². The molecular formula is C15H19N3O2. The predicted octanol–water partition coefficient (Wildman–Crippen LogP) is 1.35. The molecule has 2 aliphatic rings. The first kappa shape index (κ1) is 13.1. The fourth-order valence-electron chi connectivity index (χ4n) is 3.02. The second kappa shape index (κ2) is 4.90. The van der Waals surface area contributed by atoms with Gasteiger partial charge in [0.2, 0.25) is 0 Å². The summed E-state index contributed by atoms with van der Waals surface area (Å²) in [6.45, 7) is 2.19. The van der Waals surface area contributed by atoms with Gasteiger partial charge >= 0.3 is 0 Å². The van der Waals surface area contributed by atoms with Crippen molar-refractivity contribution in [3.63, 3.8) is 0 Å². The van der Waals surface area contributed by atoms with E-state index in [-0.39, 0.29) is 0 Å². The van der Waals surface area contributed by atoms with Gasteiger partial charge in [0.05, 0.1) is 11.3 Å². The lowest BCUT2D eigenvalue weighted by atomic mass is 10.0. The zero-order valence-corrected chi connectivity index (χ0v) is 11.8. The average Bonchev–Trinajstić information content (AvgIpc) is 2.73. The summed E-state index contributed by atoms with van der Waals surface area (Å²) in [6, 6.07) is 6.03. The van der Waals surface area contributed by atoms with Gasteiger partial charge < -0.3 is 15.1 Å². The quantitative estimate of drug-likeness (QED) is 0.827. The van der Waals surface area contributed by atoms with Crippen LogP contribution in [0.25, 0.3) is 0 Å². The third-order valence-corrected chi connectivity index (χ3v) is 4.26. The molecule has 106 valence electrons. The maximum atomic E-state index is 11.6. The normalized spacial score (nSPS) is 22.6. The fourth-order valence-corrected chi connectivity index (χ4v) is 3.02. The Kier molecular flexibility index (Phi) is 3.22. The van der Waals surface area contributed by atoms with Gasteiger partial charge in [-0.3, -0.25) is 9.59 Å². The van der Waals surface area contributed by atoms with Crippen molar-refractivity contribution in [2.24, 2.45) is 0 Å². The van der Waals surface area contributed by atoms with Crippen molar-refractivity contribution in [2.75, 3.05) is 37.4 Å². The van der Waals surface area contributed by atoms with Crippen LogP contribution in [0.3, 0.4) is 0 Å². The van der Waals surface area contributed by atoms with Gasteiger partial charge in [-0.2, -0.15) is 0 Å². The highest BCUT2D eigenvalue weighted by atomic mass is 16.2. The standard InChI is InChI=1S/C15H19N3O2/c1-17-7-3-4-11(9-17)18(2)10-5-6-12-13(8-10)16-15(20)14(12)19/h5-6,8,11H,3-4,7,9H2,1-2H3,(H,16,19,20). The maximum absolute atomic E-state index is 11.6. The number of hydrogen-bond donors (Lipinski definition) is 1. The van der Waals surface area contributed by atoms with Crippen molar-refractivity contribution < 1.29 is 9.59 Å². The molecule has 0 aliphatic carbocycles. The van der Waals surface area contributed by atoms with Gasteiger partial charge in [-0.05, 0) is 44.6 Å². The van der Waals surface area contributed by atoms with Crippen molar-refractivity contribution >= 4 is 23.1 Å².